The van der Waals surface area contributed by atoms with E-state index in [1.807, 2.05) is 12.1 Å². The molecule has 1 saturated carbocycles. The van der Waals surface area contributed by atoms with E-state index in [0.29, 0.717) is 16.6 Å². The highest BCUT2D eigenvalue weighted by Crippen LogP contribution is 2.24. The zero-order valence-electron chi connectivity index (χ0n) is 14.6. The third-order valence-electron chi connectivity index (χ3n) is 4.82. The fourth-order valence-corrected chi connectivity index (χ4v) is 3.66. The van der Waals surface area contributed by atoms with Crippen molar-refractivity contribution in [2.75, 3.05) is 0 Å². The Hall–Kier alpha value is -1.69. The maximum Gasteiger partial charge on any atom is 0.251 e. The number of amides is 1. The van der Waals surface area contributed by atoms with E-state index in [4.69, 9.17) is 23.2 Å². The minimum atomic E-state index is -1.03. The molecule has 1 fully saturated rings. The van der Waals surface area contributed by atoms with Crippen LogP contribution >= 0.6 is 23.2 Å². The van der Waals surface area contributed by atoms with Gasteiger partial charge in [0.15, 0.2) is 11.6 Å². The lowest BCUT2D eigenvalue weighted by Crippen LogP contribution is -2.51. The van der Waals surface area contributed by atoms with Gasteiger partial charge in [0, 0.05) is 24.2 Å². The maximum absolute atomic E-state index is 13.4. The molecule has 0 radical (unpaired) electrons. The molecule has 0 aromatic heterocycles. The fourth-order valence-electron chi connectivity index (χ4n) is 3.34. The van der Waals surface area contributed by atoms with E-state index < -0.39 is 17.5 Å². The highest BCUT2D eigenvalue weighted by Gasteiger charge is 2.26. The van der Waals surface area contributed by atoms with Gasteiger partial charge in [0.2, 0.25) is 0 Å². The minimum Gasteiger partial charge on any atom is -0.348 e. The van der Waals surface area contributed by atoms with Gasteiger partial charge in [0.25, 0.3) is 5.91 Å². The summed E-state index contributed by atoms with van der Waals surface area (Å²) in [6.45, 7) is 0.596. The van der Waals surface area contributed by atoms with Gasteiger partial charge < -0.3 is 10.6 Å². The van der Waals surface area contributed by atoms with Crippen LogP contribution in [0.5, 0.6) is 0 Å². The summed E-state index contributed by atoms with van der Waals surface area (Å²) >= 11 is 12.0. The molecule has 1 amide bonds. The largest absolute Gasteiger partial charge is 0.348 e. The lowest BCUT2D eigenvalue weighted by Gasteiger charge is -2.33. The van der Waals surface area contributed by atoms with Crippen molar-refractivity contribution in [3.05, 3.63) is 69.2 Å². The Labute approximate surface area is 167 Å². The van der Waals surface area contributed by atoms with E-state index in [-0.39, 0.29) is 17.6 Å². The minimum absolute atomic E-state index is 0.0814. The Morgan fingerprint density at radius 2 is 1.70 bits per heavy atom. The number of carbonyl (C=O) groups excluding carboxylic acids is 1. The number of hydrogen-bond donors (Lipinski definition) is 2. The first-order chi connectivity index (χ1) is 12.9. The molecule has 144 valence electrons. The molecule has 2 aromatic carbocycles. The number of halogens is 4. The molecular weight excluding hydrogens is 393 g/mol. The molecule has 0 spiro atoms. The van der Waals surface area contributed by atoms with Gasteiger partial charge in [-0.2, -0.15) is 0 Å². The Balaban J connectivity index is 1.63. The van der Waals surface area contributed by atoms with Crippen LogP contribution in [0.2, 0.25) is 10.0 Å². The monoisotopic (exact) mass is 412 g/mol. The van der Waals surface area contributed by atoms with Crippen LogP contribution in [0.4, 0.5) is 8.78 Å². The van der Waals surface area contributed by atoms with Crippen molar-refractivity contribution in [3.63, 3.8) is 0 Å². The summed E-state index contributed by atoms with van der Waals surface area (Å²) in [7, 11) is 0. The molecule has 1 aliphatic carbocycles. The van der Waals surface area contributed by atoms with Crippen LogP contribution in [0.25, 0.3) is 0 Å². The molecular formula is C20H20Cl2F2N2O. The first-order valence-electron chi connectivity index (χ1n) is 8.87. The topological polar surface area (TPSA) is 41.1 Å². The van der Waals surface area contributed by atoms with Crippen LogP contribution in [-0.2, 0) is 6.54 Å². The van der Waals surface area contributed by atoms with Gasteiger partial charge in [0.05, 0.1) is 10.0 Å². The predicted octanol–water partition coefficient (Wildman–Crippen LogP) is 5.10. The van der Waals surface area contributed by atoms with Crippen molar-refractivity contribution in [2.24, 2.45) is 0 Å². The lowest BCUT2D eigenvalue weighted by atomic mass is 9.90. The van der Waals surface area contributed by atoms with Gasteiger partial charge in [0.1, 0.15) is 0 Å². The van der Waals surface area contributed by atoms with Crippen molar-refractivity contribution in [2.45, 2.75) is 44.3 Å². The van der Waals surface area contributed by atoms with Crippen molar-refractivity contribution in [3.8, 4) is 0 Å². The quantitative estimate of drug-likeness (QED) is 0.716. The van der Waals surface area contributed by atoms with E-state index in [0.717, 1.165) is 43.4 Å². The molecule has 2 aromatic rings. The molecule has 0 bridgehead atoms. The maximum atomic E-state index is 13.4. The second-order valence-corrected chi connectivity index (χ2v) is 7.54. The summed E-state index contributed by atoms with van der Waals surface area (Å²) in [6.07, 6.45) is 3.82. The van der Waals surface area contributed by atoms with E-state index >= 15 is 0 Å². The highest BCUT2D eigenvalue weighted by molar-refractivity contribution is 6.42. The fraction of sp³-hybridized carbons (Fsp3) is 0.350. The summed E-state index contributed by atoms with van der Waals surface area (Å²) in [4.78, 5) is 12.4. The number of nitrogens with one attached hydrogen (secondary N) is 2. The van der Waals surface area contributed by atoms with Gasteiger partial charge in [-0.25, -0.2) is 8.78 Å². The van der Waals surface area contributed by atoms with Crippen molar-refractivity contribution in [1.82, 2.24) is 10.6 Å². The van der Waals surface area contributed by atoms with Gasteiger partial charge in [-0.3, -0.25) is 4.79 Å². The van der Waals surface area contributed by atoms with Crippen LogP contribution < -0.4 is 10.6 Å². The van der Waals surface area contributed by atoms with Crippen molar-refractivity contribution >= 4 is 29.1 Å². The lowest BCUT2D eigenvalue weighted by molar-refractivity contribution is 0.0914. The van der Waals surface area contributed by atoms with Crippen LogP contribution in [0.15, 0.2) is 36.4 Å². The van der Waals surface area contributed by atoms with E-state index in [2.05, 4.69) is 10.6 Å². The normalized spacial score (nSPS) is 19.7. The van der Waals surface area contributed by atoms with Crippen LogP contribution in [0.1, 0.15) is 41.6 Å². The third kappa shape index (κ3) is 5.18. The first kappa shape index (κ1) is 20.1. The van der Waals surface area contributed by atoms with Crippen molar-refractivity contribution in [1.29, 1.82) is 0 Å². The smallest absolute Gasteiger partial charge is 0.251 e. The summed E-state index contributed by atoms with van der Waals surface area (Å²) in [5.74, 6) is -2.40. The Morgan fingerprint density at radius 3 is 2.41 bits per heavy atom. The SMILES string of the molecule is O=C(N[C@@H]1CCCC[C@@H]1NCc1ccc(Cl)c(Cl)c1)c1ccc(F)c(F)c1. The zero-order valence-corrected chi connectivity index (χ0v) is 16.1. The molecule has 0 heterocycles. The van der Waals surface area contributed by atoms with E-state index in [1.54, 1.807) is 6.07 Å². The number of carbonyl (C=O) groups is 1. The van der Waals surface area contributed by atoms with Gasteiger partial charge in [-0.05, 0) is 48.7 Å². The summed E-state index contributed by atoms with van der Waals surface area (Å²) in [5, 5.41) is 7.42. The number of rotatable bonds is 5. The average molecular weight is 413 g/mol. The Morgan fingerprint density at radius 1 is 0.963 bits per heavy atom. The molecule has 1 aliphatic rings. The molecule has 2 atom stereocenters. The molecule has 2 N–H and O–H groups in total. The first-order valence-corrected chi connectivity index (χ1v) is 9.63. The van der Waals surface area contributed by atoms with Crippen LogP contribution in [0, 0.1) is 11.6 Å². The standard InChI is InChI=1S/C20H20Cl2F2N2O/c21-14-7-5-12(9-15(14)22)11-25-18-3-1-2-4-19(18)26-20(27)13-6-8-16(23)17(24)10-13/h5-10,18-19,25H,1-4,11H2,(H,26,27)/t18-,19+/m0/s1. The number of hydrogen-bond acceptors (Lipinski definition) is 2. The second-order valence-electron chi connectivity index (χ2n) is 6.73. The summed E-state index contributed by atoms with van der Waals surface area (Å²) in [5.41, 5.74) is 1.11. The molecule has 3 nitrogen and oxygen atoms in total. The zero-order chi connectivity index (χ0) is 19.4. The molecule has 0 saturated heterocycles. The molecule has 0 unspecified atom stereocenters. The average Bonchev–Trinajstić information content (AvgIpc) is 2.66. The molecule has 27 heavy (non-hydrogen) atoms. The van der Waals surface area contributed by atoms with Crippen LogP contribution in [0.3, 0.4) is 0 Å². The summed E-state index contributed by atoms with van der Waals surface area (Å²) < 4.78 is 26.4. The third-order valence-corrected chi connectivity index (χ3v) is 5.56. The van der Waals surface area contributed by atoms with E-state index in [9.17, 15) is 13.6 Å². The molecule has 0 aliphatic heterocycles. The van der Waals surface area contributed by atoms with Crippen molar-refractivity contribution < 1.29 is 13.6 Å². The van der Waals surface area contributed by atoms with E-state index in [1.165, 1.54) is 6.07 Å². The second kappa shape index (κ2) is 9.00. The Kier molecular flexibility index (Phi) is 6.68. The van der Waals surface area contributed by atoms with Crippen LogP contribution in [-0.4, -0.2) is 18.0 Å². The molecule has 7 heteroatoms. The van der Waals surface area contributed by atoms with Gasteiger partial charge >= 0.3 is 0 Å². The predicted molar refractivity (Wildman–Crippen MR) is 103 cm³/mol. The summed E-state index contributed by atoms with van der Waals surface area (Å²) in [6, 6.07) is 8.65. The number of benzene rings is 2. The highest BCUT2D eigenvalue weighted by atomic mass is 35.5. The molecule has 3 rings (SSSR count). The Bertz CT molecular complexity index is 832. The van der Waals surface area contributed by atoms with Gasteiger partial charge in [-0.1, -0.05) is 42.1 Å². The van der Waals surface area contributed by atoms with Gasteiger partial charge in [-0.15, -0.1) is 0 Å².